The van der Waals surface area contributed by atoms with Crippen LogP contribution in [0.5, 0.6) is 0 Å². The monoisotopic (exact) mass is 252 g/mol. The summed E-state index contributed by atoms with van der Waals surface area (Å²) in [6.07, 6.45) is 3.83. The zero-order valence-corrected chi connectivity index (χ0v) is 11.7. The van der Waals surface area contributed by atoms with Crippen LogP contribution in [0, 0.1) is 6.92 Å². The predicted molar refractivity (Wildman–Crippen MR) is 75.4 cm³/mol. The number of rotatable bonds is 5. The lowest BCUT2D eigenvalue weighted by atomic mass is 10.1. The topological polar surface area (TPSA) is 55.0 Å². The van der Waals surface area contributed by atoms with E-state index in [4.69, 9.17) is 18.0 Å². The van der Waals surface area contributed by atoms with E-state index < -0.39 is 0 Å². The number of thiocarbonyl (C=S) groups is 1. The van der Waals surface area contributed by atoms with Gasteiger partial charge in [0.25, 0.3) is 0 Å². The first-order valence-electron chi connectivity index (χ1n) is 5.87. The molecule has 1 rings (SSSR count). The van der Waals surface area contributed by atoms with Crippen molar-refractivity contribution in [2.24, 2.45) is 5.73 Å². The van der Waals surface area contributed by atoms with Crippen molar-refractivity contribution in [3.63, 3.8) is 0 Å². The maximum atomic E-state index is 5.71. The van der Waals surface area contributed by atoms with Gasteiger partial charge in [0.2, 0.25) is 0 Å². The summed E-state index contributed by atoms with van der Waals surface area (Å²) in [6, 6.07) is 0.442. The van der Waals surface area contributed by atoms with Crippen molar-refractivity contribution in [3.8, 4) is 0 Å². The van der Waals surface area contributed by atoms with Gasteiger partial charge in [-0.05, 0) is 19.8 Å². The van der Waals surface area contributed by atoms with Gasteiger partial charge in [-0.1, -0.05) is 26.1 Å². The second kappa shape index (κ2) is 5.91. The molecule has 0 amide bonds. The third-order valence-corrected chi connectivity index (χ3v) is 3.20. The average molecular weight is 252 g/mol. The molecule has 0 bridgehead atoms. The molecule has 0 saturated heterocycles. The Hall–Kier alpha value is -1.23. The third kappa shape index (κ3) is 3.12. The number of aryl methyl sites for hydroxylation is 1. The number of hydrogen-bond acceptors (Lipinski definition) is 4. The first-order chi connectivity index (χ1) is 8.01. The van der Waals surface area contributed by atoms with Gasteiger partial charge in [-0.2, -0.15) is 0 Å². The van der Waals surface area contributed by atoms with Crippen LogP contribution in [0.3, 0.4) is 0 Å². The predicted octanol–water partition coefficient (Wildman–Crippen LogP) is 2.04. The molecule has 0 aromatic carbocycles. The molecule has 2 N–H and O–H groups in total. The van der Waals surface area contributed by atoms with Gasteiger partial charge in [-0.3, -0.25) is 0 Å². The number of aromatic nitrogens is 2. The van der Waals surface area contributed by atoms with Crippen molar-refractivity contribution < 1.29 is 0 Å². The van der Waals surface area contributed by atoms with E-state index in [9.17, 15) is 0 Å². The molecule has 0 aliphatic heterocycles. The Morgan fingerprint density at radius 2 is 2.06 bits per heavy atom. The summed E-state index contributed by atoms with van der Waals surface area (Å²) in [7, 11) is 2.03. The van der Waals surface area contributed by atoms with Crippen molar-refractivity contribution in [1.29, 1.82) is 0 Å². The van der Waals surface area contributed by atoms with Gasteiger partial charge in [-0.25, -0.2) is 9.97 Å². The summed E-state index contributed by atoms with van der Waals surface area (Å²) in [5.41, 5.74) is 6.46. The van der Waals surface area contributed by atoms with Gasteiger partial charge in [0, 0.05) is 19.3 Å². The van der Waals surface area contributed by atoms with E-state index >= 15 is 0 Å². The average Bonchev–Trinajstić information content (AvgIpc) is 2.29. The number of anilines is 1. The Balaban J connectivity index is 3.18. The van der Waals surface area contributed by atoms with E-state index in [-0.39, 0.29) is 0 Å². The van der Waals surface area contributed by atoms with Gasteiger partial charge in [0.15, 0.2) is 0 Å². The smallest absolute Gasteiger partial charge is 0.142 e. The zero-order valence-electron chi connectivity index (χ0n) is 10.9. The summed E-state index contributed by atoms with van der Waals surface area (Å²) < 4.78 is 0. The Labute approximate surface area is 108 Å². The fourth-order valence-corrected chi connectivity index (χ4v) is 2.05. The highest BCUT2D eigenvalue weighted by molar-refractivity contribution is 7.80. The maximum absolute atomic E-state index is 5.71. The van der Waals surface area contributed by atoms with E-state index in [2.05, 4.69) is 28.7 Å². The minimum atomic E-state index is 0.345. The Kier molecular flexibility index (Phi) is 4.81. The minimum Gasteiger partial charge on any atom is -0.389 e. The summed E-state index contributed by atoms with van der Waals surface area (Å²) in [5, 5.41) is 0. The van der Waals surface area contributed by atoms with Crippen LogP contribution in [-0.2, 0) is 0 Å². The molecule has 0 unspecified atom stereocenters. The van der Waals surface area contributed by atoms with E-state index in [1.807, 2.05) is 14.0 Å². The van der Waals surface area contributed by atoms with Crippen molar-refractivity contribution in [2.75, 3.05) is 11.9 Å². The molecule has 4 nitrogen and oxygen atoms in total. The van der Waals surface area contributed by atoms with Crippen LogP contribution in [0.2, 0.25) is 0 Å². The molecule has 1 aromatic heterocycles. The highest BCUT2D eigenvalue weighted by Crippen LogP contribution is 2.20. The minimum absolute atomic E-state index is 0.345. The van der Waals surface area contributed by atoms with Crippen LogP contribution in [0.4, 0.5) is 5.82 Å². The van der Waals surface area contributed by atoms with E-state index in [1.165, 1.54) is 0 Å². The number of nitrogens with zero attached hydrogens (tertiary/aromatic N) is 3. The van der Waals surface area contributed by atoms with E-state index in [1.54, 1.807) is 6.20 Å². The second-order valence-electron chi connectivity index (χ2n) is 4.10. The molecule has 0 atom stereocenters. The summed E-state index contributed by atoms with van der Waals surface area (Å²) in [5.74, 6) is 1.57. The third-order valence-electron chi connectivity index (χ3n) is 2.98. The van der Waals surface area contributed by atoms with Crippen LogP contribution in [0.25, 0.3) is 0 Å². The Morgan fingerprint density at radius 3 is 2.53 bits per heavy atom. The quantitative estimate of drug-likeness (QED) is 0.813. The van der Waals surface area contributed by atoms with Crippen molar-refractivity contribution in [1.82, 2.24) is 9.97 Å². The largest absolute Gasteiger partial charge is 0.389 e. The van der Waals surface area contributed by atoms with E-state index in [0.29, 0.717) is 11.0 Å². The molecule has 0 fully saturated rings. The van der Waals surface area contributed by atoms with Gasteiger partial charge in [0.05, 0.1) is 5.56 Å². The molecule has 1 aromatic rings. The highest BCUT2D eigenvalue weighted by Gasteiger charge is 2.17. The van der Waals surface area contributed by atoms with Gasteiger partial charge < -0.3 is 10.6 Å². The molecular weight excluding hydrogens is 232 g/mol. The van der Waals surface area contributed by atoms with Gasteiger partial charge in [-0.15, -0.1) is 0 Å². The molecule has 17 heavy (non-hydrogen) atoms. The first-order valence-corrected chi connectivity index (χ1v) is 6.28. The van der Waals surface area contributed by atoms with Crippen molar-refractivity contribution in [2.45, 2.75) is 39.7 Å². The molecule has 0 spiro atoms. The highest BCUT2D eigenvalue weighted by atomic mass is 32.1. The van der Waals surface area contributed by atoms with Crippen LogP contribution in [0.15, 0.2) is 6.20 Å². The zero-order chi connectivity index (χ0) is 13.0. The van der Waals surface area contributed by atoms with E-state index in [0.717, 1.165) is 30.0 Å². The summed E-state index contributed by atoms with van der Waals surface area (Å²) >= 11 is 5.04. The fourth-order valence-electron chi connectivity index (χ4n) is 1.91. The molecule has 5 heteroatoms. The van der Waals surface area contributed by atoms with Crippen LogP contribution in [-0.4, -0.2) is 28.0 Å². The molecule has 94 valence electrons. The van der Waals surface area contributed by atoms with Crippen LogP contribution < -0.4 is 10.6 Å². The Bertz CT molecular complexity index is 401. The first kappa shape index (κ1) is 13.8. The Morgan fingerprint density at radius 1 is 1.47 bits per heavy atom. The van der Waals surface area contributed by atoms with Crippen LogP contribution in [0.1, 0.15) is 38.1 Å². The molecule has 1 heterocycles. The second-order valence-corrected chi connectivity index (χ2v) is 4.54. The van der Waals surface area contributed by atoms with Gasteiger partial charge >= 0.3 is 0 Å². The van der Waals surface area contributed by atoms with Crippen molar-refractivity contribution in [3.05, 3.63) is 17.6 Å². The van der Waals surface area contributed by atoms with Crippen LogP contribution >= 0.6 is 12.2 Å². The molecule has 0 radical (unpaired) electrons. The lowest BCUT2D eigenvalue weighted by molar-refractivity contribution is 0.585. The van der Waals surface area contributed by atoms with Crippen molar-refractivity contribution >= 4 is 23.0 Å². The molecule has 0 saturated carbocycles. The van der Waals surface area contributed by atoms with Gasteiger partial charge in [0.1, 0.15) is 16.6 Å². The molecular formula is C12H20N4S. The number of hydrogen-bond donors (Lipinski definition) is 1. The SMILES string of the molecule is CCC(CC)N(C)c1nc(C)ncc1C(N)=S. The maximum Gasteiger partial charge on any atom is 0.142 e. The standard InChI is InChI=1S/C12H20N4S/c1-5-9(6-2)16(4)12-10(11(13)17)7-14-8(3)15-12/h7,9H,5-6H2,1-4H3,(H2,13,17). The molecule has 0 aliphatic carbocycles. The fraction of sp³-hybridized carbons (Fsp3) is 0.583. The summed E-state index contributed by atoms with van der Waals surface area (Å²) in [4.78, 5) is 11.1. The molecule has 0 aliphatic rings. The lowest BCUT2D eigenvalue weighted by Gasteiger charge is -2.28. The number of nitrogens with two attached hydrogens (primary N) is 1. The normalized spacial score (nSPS) is 10.6. The lowest BCUT2D eigenvalue weighted by Crippen LogP contribution is -2.33. The summed E-state index contributed by atoms with van der Waals surface area (Å²) in [6.45, 7) is 6.20.